The van der Waals surface area contributed by atoms with E-state index < -0.39 is 20.2 Å². The number of carbonyl (C=O) groups is 2. The van der Waals surface area contributed by atoms with Crippen molar-refractivity contribution in [3.05, 3.63) is 122 Å². The van der Waals surface area contributed by atoms with E-state index in [9.17, 15) is 26.4 Å². The lowest BCUT2D eigenvalue weighted by Gasteiger charge is -2.27. The molecule has 91 heavy (non-hydrogen) atoms. The van der Waals surface area contributed by atoms with Gasteiger partial charge >= 0.3 is 0 Å². The largest absolute Gasteiger partial charge is 0.494 e. The van der Waals surface area contributed by atoms with Gasteiger partial charge in [0.05, 0.1) is 78.3 Å². The highest BCUT2D eigenvalue weighted by Gasteiger charge is 2.20. The van der Waals surface area contributed by atoms with Crippen LogP contribution in [0.15, 0.2) is 122 Å². The number of aromatic nitrogens is 6. The van der Waals surface area contributed by atoms with Gasteiger partial charge in [0.25, 0.3) is 20.2 Å². The Morgan fingerprint density at radius 1 is 0.626 bits per heavy atom. The predicted octanol–water partition coefficient (Wildman–Crippen LogP) is 10.3. The molecule has 27 heteroatoms. The molecule has 2 amide bonds. The lowest BCUT2D eigenvalue weighted by Crippen LogP contribution is -2.33. The molecule has 490 valence electrons. The zero-order valence-corrected chi connectivity index (χ0v) is 56.1. The van der Waals surface area contributed by atoms with Crippen molar-refractivity contribution in [3.63, 3.8) is 0 Å². The maximum absolute atomic E-state index is 12.4. The van der Waals surface area contributed by atoms with Crippen molar-refractivity contribution in [3.8, 4) is 40.1 Å². The molecule has 4 heterocycles. The minimum absolute atomic E-state index is 0.0567. The fraction of sp³-hybridized carbons (Fsp3) is 0.359. The Balaban J connectivity index is 0.000000325. The summed E-state index contributed by atoms with van der Waals surface area (Å²) in [5.74, 6) is 1.75. The topological polar surface area (TPSA) is 308 Å². The minimum Gasteiger partial charge on any atom is -0.494 e. The molecule has 0 bridgehead atoms. The number of amides is 2. The molecular weight excluding hydrogens is 1200 g/mol. The van der Waals surface area contributed by atoms with Crippen molar-refractivity contribution in [1.82, 2.24) is 38.9 Å². The summed E-state index contributed by atoms with van der Waals surface area (Å²) in [6, 6.07) is 29.6. The van der Waals surface area contributed by atoms with Crippen molar-refractivity contribution in [1.29, 1.82) is 5.26 Å². The third kappa shape index (κ3) is 23.3. The minimum atomic E-state index is -3.67. The molecule has 25 nitrogen and oxygen atoms in total. The van der Waals surface area contributed by atoms with Gasteiger partial charge in [0.15, 0.2) is 0 Å². The molecule has 8 aromatic rings. The zero-order chi connectivity index (χ0) is 67.6. The van der Waals surface area contributed by atoms with Crippen LogP contribution in [-0.4, -0.2) is 170 Å². The van der Waals surface area contributed by atoms with Gasteiger partial charge in [0.2, 0.25) is 23.7 Å². The van der Waals surface area contributed by atoms with Crippen molar-refractivity contribution in [2.75, 3.05) is 124 Å². The Kier molecular flexibility index (Phi) is 29.3. The fourth-order valence-electron chi connectivity index (χ4n) is 9.30. The third-order valence-corrected chi connectivity index (χ3v) is 13.9. The molecule has 0 fully saturated rings. The van der Waals surface area contributed by atoms with Crippen molar-refractivity contribution in [2.24, 2.45) is 14.1 Å². The number of rotatable bonds is 24. The molecule has 0 saturated carbocycles. The van der Waals surface area contributed by atoms with Crippen molar-refractivity contribution in [2.45, 2.75) is 48.0 Å². The first-order valence-electron chi connectivity index (χ1n) is 29.2. The van der Waals surface area contributed by atoms with E-state index in [0.29, 0.717) is 65.1 Å². The molecule has 4 aromatic heterocycles. The Labute approximate surface area is 535 Å². The number of hydrogen-bond donors (Lipinski definition) is 6. The average molecular weight is 1290 g/mol. The Bertz CT molecular complexity index is 3930. The Hall–Kier alpha value is -9.17. The molecular formula is C64H87N15O10S2. The number of carbonyl (C=O) groups excluding carboxylic acids is 2. The molecule has 0 unspecified atom stereocenters. The van der Waals surface area contributed by atoms with E-state index >= 15 is 0 Å². The molecule has 4 aromatic carbocycles. The lowest BCUT2D eigenvalue weighted by molar-refractivity contribution is -0.116. The first-order valence-corrected chi connectivity index (χ1v) is 32.9. The summed E-state index contributed by atoms with van der Waals surface area (Å²) in [7, 11) is 4.02. The van der Waals surface area contributed by atoms with Gasteiger partial charge < -0.3 is 59.5 Å². The van der Waals surface area contributed by atoms with Crippen LogP contribution in [0.4, 0.5) is 46.0 Å². The standard InChI is InChI=1S/C30H39N7O2.C30H37N7O2.C2H3N.2CH4O3S/c2*1-7-29(38)32-24-18-25(28(39-6)19-27(24)35(4)16-17-37(8-2)9-3)34-30-31-15-14-23(33-30)22-20-36(5)26-13-11-10-12-21(22)26;1-2-3;2*1-5(2,3)4/h10-15,18-20H,7-9,16-17H2,1-6H3,(H,32,38)(H,31,33,34);7,10-15,18-20H,1,8-9,16-17H2,2-6H3,(H,32,38)(H,31,33,34);1H3;2*1H3,(H,2,3,4). The van der Waals surface area contributed by atoms with Gasteiger partial charge in [-0.05, 0) is 68.7 Å². The van der Waals surface area contributed by atoms with E-state index in [0.717, 1.165) is 108 Å². The number of benzene rings is 4. The molecule has 6 N–H and O–H groups in total. The molecule has 0 radical (unpaired) electrons. The van der Waals surface area contributed by atoms with Gasteiger partial charge in [0.1, 0.15) is 11.5 Å². The van der Waals surface area contributed by atoms with E-state index in [2.05, 4.69) is 131 Å². The van der Waals surface area contributed by atoms with Crippen LogP contribution in [0.3, 0.4) is 0 Å². The number of nitrogens with zero attached hydrogens (tertiary/aromatic N) is 11. The van der Waals surface area contributed by atoms with Gasteiger partial charge in [-0.1, -0.05) is 77.6 Å². The summed E-state index contributed by atoms with van der Waals surface area (Å²) in [5, 5.41) is 22.2. The van der Waals surface area contributed by atoms with Crippen molar-refractivity contribution < 1.29 is 45.0 Å². The number of methoxy groups -OCH3 is 2. The monoisotopic (exact) mass is 1290 g/mol. The summed E-state index contributed by atoms with van der Waals surface area (Å²) in [6.45, 7) is 22.9. The van der Waals surface area contributed by atoms with Crippen LogP contribution in [0.5, 0.6) is 11.5 Å². The summed E-state index contributed by atoms with van der Waals surface area (Å²) >= 11 is 0. The fourth-order valence-corrected chi connectivity index (χ4v) is 9.30. The van der Waals surface area contributed by atoms with Crippen LogP contribution in [0.25, 0.3) is 44.3 Å². The Morgan fingerprint density at radius 2 is 0.989 bits per heavy atom. The number of para-hydroxylation sites is 2. The highest BCUT2D eigenvalue weighted by atomic mass is 32.2. The first-order chi connectivity index (χ1) is 43.2. The van der Waals surface area contributed by atoms with Crippen LogP contribution < -0.4 is 40.5 Å². The van der Waals surface area contributed by atoms with Crippen LogP contribution in [0.2, 0.25) is 0 Å². The highest BCUT2D eigenvalue weighted by molar-refractivity contribution is 7.85. The highest BCUT2D eigenvalue weighted by Crippen LogP contribution is 2.40. The summed E-state index contributed by atoms with van der Waals surface area (Å²) in [4.78, 5) is 52.3. The predicted molar refractivity (Wildman–Crippen MR) is 367 cm³/mol. The van der Waals surface area contributed by atoms with Crippen LogP contribution in [-0.2, 0) is 43.9 Å². The second-order valence-corrected chi connectivity index (χ2v) is 23.4. The number of anilines is 8. The maximum atomic E-state index is 12.4. The number of fused-ring (bicyclic) bond motifs is 2. The molecule has 0 aliphatic heterocycles. The SMILES string of the molecule is C=CC(=O)Nc1cc(Nc2nccc(-c3cn(C)c4ccccc34)n2)c(OC)cc1N(C)CCN(CC)CC.CC#N.CCC(=O)Nc1cc(Nc2nccc(-c3cn(C)c4ccccc34)n2)c(OC)cc1N(C)CCN(CC)CC.CS(=O)(=O)O.CS(=O)(=O)O. The number of hydrogen-bond acceptors (Lipinski definition) is 19. The number of nitrogens with one attached hydrogen (secondary N) is 4. The molecule has 0 aliphatic rings. The molecule has 0 aliphatic carbocycles. The van der Waals surface area contributed by atoms with Gasteiger partial charge in [-0.25, -0.2) is 19.9 Å². The summed E-state index contributed by atoms with van der Waals surface area (Å²) < 4.78 is 67.4. The second kappa shape index (κ2) is 35.9. The Morgan fingerprint density at radius 3 is 1.33 bits per heavy atom. The molecule has 0 spiro atoms. The van der Waals surface area contributed by atoms with Gasteiger partial charge in [-0.2, -0.15) is 22.1 Å². The second-order valence-electron chi connectivity index (χ2n) is 20.4. The van der Waals surface area contributed by atoms with Gasteiger partial charge in [0, 0.05) is 138 Å². The quantitative estimate of drug-likeness (QED) is 0.0242. The van der Waals surface area contributed by atoms with Crippen LogP contribution in [0, 0.1) is 11.3 Å². The number of nitriles is 1. The molecule has 8 rings (SSSR count). The van der Waals surface area contributed by atoms with Crippen LogP contribution in [0.1, 0.15) is 48.0 Å². The van der Waals surface area contributed by atoms with Crippen molar-refractivity contribution >= 4 is 99.9 Å². The smallest absolute Gasteiger partial charge is 0.261 e. The third-order valence-electron chi connectivity index (χ3n) is 13.9. The van der Waals surface area contributed by atoms with Gasteiger partial charge in [-0.3, -0.25) is 18.7 Å². The lowest BCUT2D eigenvalue weighted by atomic mass is 10.1. The van der Waals surface area contributed by atoms with E-state index in [1.165, 1.54) is 13.0 Å². The number of likely N-dealkylation sites (N-methyl/N-ethyl adjacent to an activating group) is 4. The van der Waals surface area contributed by atoms with E-state index in [1.807, 2.05) is 95.8 Å². The van der Waals surface area contributed by atoms with E-state index in [-0.39, 0.29) is 11.8 Å². The summed E-state index contributed by atoms with van der Waals surface area (Å²) in [6.07, 6.45) is 10.7. The van der Waals surface area contributed by atoms with Crippen LogP contribution >= 0.6 is 0 Å². The maximum Gasteiger partial charge on any atom is 0.261 e. The summed E-state index contributed by atoms with van der Waals surface area (Å²) in [5.41, 5.74) is 10.3. The molecule has 0 atom stereocenters. The average Bonchev–Trinajstić information content (AvgIpc) is 1.79. The number of aryl methyl sites for hydroxylation is 2. The first kappa shape index (κ1) is 74.3. The normalized spacial score (nSPS) is 10.9. The van der Waals surface area contributed by atoms with E-state index in [1.54, 1.807) is 32.7 Å². The molecule has 0 saturated heterocycles. The van der Waals surface area contributed by atoms with Gasteiger partial charge in [-0.15, -0.1) is 0 Å². The van der Waals surface area contributed by atoms with E-state index in [4.69, 9.17) is 33.8 Å². The zero-order valence-electron chi connectivity index (χ0n) is 54.4. The number of ether oxygens (including phenoxy) is 2.